The molecule has 1 atom stereocenters. The van der Waals surface area contributed by atoms with Crippen LogP contribution in [0.15, 0.2) is 30.5 Å². The summed E-state index contributed by atoms with van der Waals surface area (Å²) in [5.74, 6) is 0.161. The molecule has 0 aliphatic carbocycles. The smallest absolute Gasteiger partial charge is 0.319 e. The molecule has 1 saturated heterocycles. The predicted octanol–water partition coefficient (Wildman–Crippen LogP) is 3.13. The van der Waals surface area contributed by atoms with Crippen molar-refractivity contribution in [1.29, 1.82) is 0 Å². The van der Waals surface area contributed by atoms with Crippen LogP contribution < -0.4 is 15.5 Å². The van der Waals surface area contributed by atoms with Crippen LogP contribution in [0.3, 0.4) is 0 Å². The highest BCUT2D eigenvalue weighted by Crippen LogP contribution is 2.27. The number of anilines is 2. The van der Waals surface area contributed by atoms with Crippen LogP contribution in [0.2, 0.25) is 0 Å². The number of rotatable bonds is 5. The second-order valence-electron chi connectivity index (χ2n) is 6.59. The molecule has 7 heteroatoms. The fraction of sp³-hybridized carbons (Fsp3) is 0.421. The van der Waals surface area contributed by atoms with Gasteiger partial charge in [0.1, 0.15) is 0 Å². The van der Waals surface area contributed by atoms with Crippen molar-refractivity contribution in [3.63, 3.8) is 0 Å². The van der Waals surface area contributed by atoms with E-state index in [0.29, 0.717) is 12.1 Å². The van der Waals surface area contributed by atoms with Crippen LogP contribution >= 0.6 is 0 Å². The fourth-order valence-corrected chi connectivity index (χ4v) is 3.38. The van der Waals surface area contributed by atoms with Gasteiger partial charge >= 0.3 is 6.03 Å². The zero-order chi connectivity index (χ0) is 18.7. The van der Waals surface area contributed by atoms with Crippen molar-refractivity contribution in [2.24, 2.45) is 7.05 Å². The van der Waals surface area contributed by atoms with E-state index in [1.54, 1.807) is 10.9 Å². The van der Waals surface area contributed by atoms with Gasteiger partial charge in [0.05, 0.1) is 11.7 Å². The molecule has 0 saturated carbocycles. The maximum Gasteiger partial charge on any atom is 0.319 e. The second-order valence-corrected chi connectivity index (χ2v) is 6.59. The van der Waals surface area contributed by atoms with Crippen LogP contribution in [-0.2, 0) is 11.8 Å². The minimum absolute atomic E-state index is 0.106. The van der Waals surface area contributed by atoms with Crippen LogP contribution in [0.25, 0.3) is 0 Å². The number of nitrogens with one attached hydrogen (secondary N) is 2. The maximum absolute atomic E-state index is 12.4. The SMILES string of the molecule is CC[C@H](NC(=O)Nc1ccc(N2CCCC2=O)c(C)c1)c1ccnn1C. The highest BCUT2D eigenvalue weighted by Gasteiger charge is 2.23. The summed E-state index contributed by atoms with van der Waals surface area (Å²) in [5, 5.41) is 10.0. The average Bonchev–Trinajstić information content (AvgIpc) is 3.21. The molecule has 2 N–H and O–H groups in total. The molecule has 26 heavy (non-hydrogen) atoms. The van der Waals surface area contributed by atoms with Crippen molar-refractivity contribution in [2.45, 2.75) is 39.2 Å². The van der Waals surface area contributed by atoms with E-state index in [4.69, 9.17) is 0 Å². The zero-order valence-electron chi connectivity index (χ0n) is 15.5. The Kier molecular flexibility index (Phi) is 5.25. The summed E-state index contributed by atoms with van der Waals surface area (Å²) in [6.07, 6.45) is 3.99. The van der Waals surface area contributed by atoms with Gasteiger partial charge in [-0.25, -0.2) is 4.79 Å². The number of aryl methyl sites for hydroxylation is 2. The predicted molar refractivity (Wildman–Crippen MR) is 101 cm³/mol. The standard InChI is InChI=1S/C19H25N5O2/c1-4-15(17-9-10-20-23(17)3)22-19(26)21-14-7-8-16(13(2)12-14)24-11-5-6-18(24)25/h7-10,12,15H,4-6,11H2,1-3H3,(H2,21,22,26)/t15-/m0/s1. The highest BCUT2D eigenvalue weighted by molar-refractivity contribution is 5.96. The molecular weight excluding hydrogens is 330 g/mol. The highest BCUT2D eigenvalue weighted by atomic mass is 16.2. The first kappa shape index (κ1) is 18.0. The van der Waals surface area contributed by atoms with Gasteiger partial charge in [-0.15, -0.1) is 0 Å². The summed E-state index contributed by atoms with van der Waals surface area (Å²) >= 11 is 0. The Hall–Kier alpha value is -2.83. The van der Waals surface area contributed by atoms with Crippen molar-refractivity contribution in [2.75, 3.05) is 16.8 Å². The molecule has 0 unspecified atom stereocenters. The number of hydrogen-bond acceptors (Lipinski definition) is 3. The maximum atomic E-state index is 12.4. The van der Waals surface area contributed by atoms with Gasteiger partial charge in [0, 0.05) is 37.6 Å². The number of carbonyl (C=O) groups excluding carboxylic acids is 2. The van der Waals surface area contributed by atoms with Crippen molar-refractivity contribution in [3.05, 3.63) is 41.7 Å². The molecule has 1 aliphatic heterocycles. The summed E-state index contributed by atoms with van der Waals surface area (Å²) < 4.78 is 1.76. The van der Waals surface area contributed by atoms with E-state index in [0.717, 1.165) is 36.3 Å². The number of amides is 3. The molecule has 3 amide bonds. The van der Waals surface area contributed by atoms with E-state index < -0.39 is 0 Å². The van der Waals surface area contributed by atoms with Gasteiger partial charge in [-0.05, 0) is 49.6 Å². The Bertz CT molecular complexity index is 814. The minimum Gasteiger partial charge on any atom is -0.330 e. The van der Waals surface area contributed by atoms with Crippen LogP contribution in [0.5, 0.6) is 0 Å². The Morgan fingerprint density at radius 2 is 2.15 bits per heavy atom. The van der Waals surface area contributed by atoms with Crippen molar-refractivity contribution >= 4 is 23.3 Å². The molecule has 1 aliphatic rings. The number of urea groups is 1. The van der Waals surface area contributed by atoms with Gasteiger partial charge in [0.2, 0.25) is 5.91 Å². The van der Waals surface area contributed by atoms with E-state index in [1.165, 1.54) is 0 Å². The quantitative estimate of drug-likeness (QED) is 0.865. The molecule has 1 fully saturated rings. The minimum atomic E-state index is -0.262. The van der Waals surface area contributed by atoms with Crippen LogP contribution in [0.4, 0.5) is 16.2 Å². The Morgan fingerprint density at radius 1 is 1.35 bits per heavy atom. The lowest BCUT2D eigenvalue weighted by Crippen LogP contribution is -2.33. The zero-order valence-corrected chi connectivity index (χ0v) is 15.5. The molecule has 2 heterocycles. The molecule has 0 spiro atoms. The number of aromatic nitrogens is 2. The summed E-state index contributed by atoms with van der Waals surface area (Å²) in [7, 11) is 1.86. The molecule has 1 aromatic carbocycles. The molecule has 3 rings (SSSR count). The van der Waals surface area contributed by atoms with E-state index in [2.05, 4.69) is 15.7 Å². The molecule has 138 valence electrons. The molecular formula is C19H25N5O2. The van der Waals surface area contributed by atoms with Gasteiger partial charge in [-0.1, -0.05) is 6.92 Å². The lowest BCUT2D eigenvalue weighted by molar-refractivity contribution is -0.117. The third-order valence-electron chi connectivity index (χ3n) is 4.75. The lowest BCUT2D eigenvalue weighted by atomic mass is 10.1. The summed E-state index contributed by atoms with van der Waals surface area (Å²) in [5.41, 5.74) is 3.55. The van der Waals surface area contributed by atoms with Crippen LogP contribution in [-0.4, -0.2) is 28.3 Å². The van der Waals surface area contributed by atoms with E-state index in [9.17, 15) is 9.59 Å². The topological polar surface area (TPSA) is 79.3 Å². The number of carbonyl (C=O) groups is 2. The third-order valence-corrected chi connectivity index (χ3v) is 4.75. The Morgan fingerprint density at radius 3 is 2.73 bits per heavy atom. The van der Waals surface area contributed by atoms with E-state index >= 15 is 0 Å². The van der Waals surface area contributed by atoms with Gasteiger partial charge in [-0.3, -0.25) is 9.48 Å². The molecule has 7 nitrogen and oxygen atoms in total. The molecule has 0 bridgehead atoms. The third kappa shape index (κ3) is 3.71. The molecule has 2 aromatic rings. The van der Waals surface area contributed by atoms with Gasteiger partial charge in [-0.2, -0.15) is 5.10 Å². The molecule has 1 aromatic heterocycles. The normalized spacial score (nSPS) is 15.2. The summed E-state index contributed by atoms with van der Waals surface area (Å²) in [4.78, 5) is 26.1. The lowest BCUT2D eigenvalue weighted by Gasteiger charge is -2.20. The fourth-order valence-electron chi connectivity index (χ4n) is 3.38. The van der Waals surface area contributed by atoms with E-state index in [-0.39, 0.29) is 18.0 Å². The second kappa shape index (κ2) is 7.59. The number of benzene rings is 1. The Labute approximate surface area is 153 Å². The first-order chi connectivity index (χ1) is 12.5. The van der Waals surface area contributed by atoms with Gasteiger partial charge in [0.15, 0.2) is 0 Å². The van der Waals surface area contributed by atoms with E-state index in [1.807, 2.05) is 50.1 Å². The van der Waals surface area contributed by atoms with Crippen molar-refractivity contribution < 1.29 is 9.59 Å². The monoisotopic (exact) mass is 355 g/mol. The first-order valence-corrected chi connectivity index (χ1v) is 8.96. The van der Waals surface area contributed by atoms with Crippen molar-refractivity contribution in [3.8, 4) is 0 Å². The van der Waals surface area contributed by atoms with Gasteiger partial charge in [0.25, 0.3) is 0 Å². The first-order valence-electron chi connectivity index (χ1n) is 8.96. The van der Waals surface area contributed by atoms with Crippen LogP contribution in [0, 0.1) is 6.92 Å². The Balaban J connectivity index is 1.66. The average molecular weight is 355 g/mol. The molecule has 0 radical (unpaired) electrons. The number of hydrogen-bond donors (Lipinski definition) is 2. The number of nitrogens with zero attached hydrogens (tertiary/aromatic N) is 3. The van der Waals surface area contributed by atoms with Crippen molar-refractivity contribution in [1.82, 2.24) is 15.1 Å². The largest absolute Gasteiger partial charge is 0.330 e. The summed E-state index contributed by atoms with van der Waals surface area (Å²) in [6, 6.07) is 7.16. The van der Waals surface area contributed by atoms with Gasteiger partial charge < -0.3 is 15.5 Å². The van der Waals surface area contributed by atoms with Crippen LogP contribution in [0.1, 0.15) is 43.5 Å². The summed E-state index contributed by atoms with van der Waals surface area (Å²) in [6.45, 7) is 4.73.